The number of benzene rings is 1. The topological polar surface area (TPSA) is 43.8 Å². The van der Waals surface area contributed by atoms with E-state index in [-0.39, 0.29) is 6.04 Å². The lowest BCUT2D eigenvalue weighted by atomic mass is 10.0. The van der Waals surface area contributed by atoms with Crippen molar-refractivity contribution in [2.24, 2.45) is 5.73 Å². The highest BCUT2D eigenvalue weighted by Gasteiger charge is 2.18. The molecular formula is C15H19BrClN3. The van der Waals surface area contributed by atoms with E-state index in [1.54, 1.807) is 0 Å². The van der Waals surface area contributed by atoms with Crippen LogP contribution in [0, 0.1) is 0 Å². The van der Waals surface area contributed by atoms with E-state index in [0.717, 1.165) is 39.4 Å². The summed E-state index contributed by atoms with van der Waals surface area (Å²) >= 11 is 9.98. The van der Waals surface area contributed by atoms with Crippen LogP contribution in [0.2, 0.25) is 5.02 Å². The fraction of sp³-hybridized carbons (Fsp3) is 0.400. The smallest absolute Gasteiger partial charge is 0.0850 e. The molecule has 0 aliphatic heterocycles. The van der Waals surface area contributed by atoms with Crippen molar-refractivity contribution in [1.82, 2.24) is 9.78 Å². The first-order chi connectivity index (χ1) is 9.58. The molecule has 0 fully saturated rings. The van der Waals surface area contributed by atoms with Crippen LogP contribution in [-0.4, -0.2) is 9.78 Å². The summed E-state index contributed by atoms with van der Waals surface area (Å²) in [7, 11) is 0. The van der Waals surface area contributed by atoms with Gasteiger partial charge < -0.3 is 5.73 Å². The molecule has 0 saturated carbocycles. The maximum absolute atomic E-state index is 6.43. The summed E-state index contributed by atoms with van der Waals surface area (Å²) in [5, 5.41) is 5.29. The number of aromatic nitrogens is 2. The quantitative estimate of drug-likeness (QED) is 0.875. The number of aryl methyl sites for hydroxylation is 2. The van der Waals surface area contributed by atoms with Gasteiger partial charge in [0.05, 0.1) is 16.4 Å². The molecule has 1 heterocycles. The summed E-state index contributed by atoms with van der Waals surface area (Å²) < 4.78 is 2.99. The van der Waals surface area contributed by atoms with Gasteiger partial charge in [-0.25, -0.2) is 0 Å². The van der Waals surface area contributed by atoms with Crippen LogP contribution in [-0.2, 0) is 19.4 Å². The molecule has 0 bridgehead atoms. The number of hydrogen-bond donors (Lipinski definition) is 1. The zero-order valence-corrected chi connectivity index (χ0v) is 14.1. The zero-order valence-electron chi connectivity index (χ0n) is 11.7. The van der Waals surface area contributed by atoms with Crippen molar-refractivity contribution in [2.75, 3.05) is 0 Å². The highest BCUT2D eigenvalue weighted by atomic mass is 79.9. The van der Waals surface area contributed by atoms with Gasteiger partial charge >= 0.3 is 0 Å². The van der Waals surface area contributed by atoms with Gasteiger partial charge in [-0.2, -0.15) is 5.10 Å². The lowest BCUT2D eigenvalue weighted by Crippen LogP contribution is -2.16. The fourth-order valence-electron chi connectivity index (χ4n) is 2.31. The van der Waals surface area contributed by atoms with Crippen molar-refractivity contribution in [2.45, 2.75) is 39.3 Å². The lowest BCUT2D eigenvalue weighted by molar-refractivity contribution is 0.585. The highest BCUT2D eigenvalue weighted by molar-refractivity contribution is 9.10. The Hall–Kier alpha value is -0.840. The zero-order chi connectivity index (χ0) is 14.7. The molecule has 1 atom stereocenters. The Morgan fingerprint density at radius 2 is 2.05 bits per heavy atom. The van der Waals surface area contributed by atoms with Crippen LogP contribution < -0.4 is 5.73 Å². The molecule has 0 aliphatic rings. The predicted octanol–water partition coefficient (Wildman–Crippen LogP) is 4.12. The first-order valence-electron chi connectivity index (χ1n) is 6.82. The van der Waals surface area contributed by atoms with Crippen molar-refractivity contribution < 1.29 is 0 Å². The minimum absolute atomic E-state index is 0.102. The van der Waals surface area contributed by atoms with Gasteiger partial charge in [0.25, 0.3) is 0 Å². The number of nitrogens with zero attached hydrogens (tertiary/aromatic N) is 2. The molecule has 0 saturated heterocycles. The second-order valence-electron chi connectivity index (χ2n) is 4.71. The average Bonchev–Trinajstić information content (AvgIpc) is 2.75. The third-order valence-corrected chi connectivity index (χ3v) is 4.57. The second-order valence-corrected chi connectivity index (χ2v) is 5.94. The van der Waals surface area contributed by atoms with Gasteiger partial charge in [0.15, 0.2) is 0 Å². The van der Waals surface area contributed by atoms with E-state index in [1.807, 2.05) is 28.9 Å². The Morgan fingerprint density at radius 3 is 2.65 bits per heavy atom. The number of rotatable bonds is 5. The molecule has 2 aromatic rings. The first kappa shape index (κ1) is 15.5. The lowest BCUT2D eigenvalue weighted by Gasteiger charge is -2.15. The summed E-state index contributed by atoms with van der Waals surface area (Å²) in [6, 6.07) is 7.92. The van der Waals surface area contributed by atoms with Crippen molar-refractivity contribution >= 4 is 27.5 Å². The molecule has 3 nitrogen and oxygen atoms in total. The molecule has 0 aliphatic carbocycles. The number of nitrogens with two attached hydrogens (primary N) is 1. The summed E-state index contributed by atoms with van der Waals surface area (Å²) in [6.07, 6.45) is 1.52. The fourth-order valence-corrected chi connectivity index (χ4v) is 3.23. The minimum Gasteiger partial charge on any atom is -0.324 e. The molecule has 108 valence electrons. The van der Waals surface area contributed by atoms with E-state index in [4.69, 9.17) is 17.3 Å². The van der Waals surface area contributed by atoms with Crippen molar-refractivity contribution in [3.8, 4) is 0 Å². The summed E-state index contributed by atoms with van der Waals surface area (Å²) in [6.45, 7) is 4.93. The molecule has 2 rings (SSSR count). The Labute approximate surface area is 133 Å². The van der Waals surface area contributed by atoms with Crippen LogP contribution in [0.1, 0.15) is 36.8 Å². The van der Waals surface area contributed by atoms with Crippen LogP contribution in [0.4, 0.5) is 0 Å². The second kappa shape index (κ2) is 6.74. The van der Waals surface area contributed by atoms with Gasteiger partial charge in [-0.15, -0.1) is 0 Å². The van der Waals surface area contributed by atoms with Crippen LogP contribution in [0.25, 0.3) is 0 Å². The standard InChI is InChI=1S/C15H19BrClN3/c1-3-13-15(17)14(20(4-2)19-13)9-12(18)10-7-5-6-8-11(10)16/h5-8,12H,3-4,9,18H2,1-2H3. The maximum Gasteiger partial charge on any atom is 0.0850 e. The van der Waals surface area contributed by atoms with Crippen molar-refractivity contribution in [1.29, 1.82) is 0 Å². The SMILES string of the molecule is CCc1nn(CC)c(CC(N)c2ccccc2Br)c1Cl. The normalized spacial score (nSPS) is 12.7. The van der Waals surface area contributed by atoms with Crippen LogP contribution >= 0.6 is 27.5 Å². The van der Waals surface area contributed by atoms with E-state index < -0.39 is 0 Å². The van der Waals surface area contributed by atoms with E-state index in [2.05, 4.69) is 34.9 Å². The van der Waals surface area contributed by atoms with E-state index in [9.17, 15) is 0 Å². The number of hydrogen-bond acceptors (Lipinski definition) is 2. The predicted molar refractivity (Wildman–Crippen MR) is 87.1 cm³/mol. The Kier molecular flexibility index (Phi) is 5.24. The largest absolute Gasteiger partial charge is 0.324 e. The van der Waals surface area contributed by atoms with Gasteiger partial charge in [-0.05, 0) is 25.0 Å². The molecule has 1 aromatic carbocycles. The van der Waals surface area contributed by atoms with Gasteiger partial charge in [0, 0.05) is 23.5 Å². The summed E-state index contributed by atoms with van der Waals surface area (Å²) in [5.74, 6) is 0. The molecule has 1 unspecified atom stereocenters. The van der Waals surface area contributed by atoms with Crippen LogP contribution in [0.15, 0.2) is 28.7 Å². The molecular weight excluding hydrogens is 338 g/mol. The molecule has 20 heavy (non-hydrogen) atoms. The Bertz CT molecular complexity index is 595. The number of halogens is 2. The molecule has 0 amide bonds. The summed E-state index contributed by atoms with van der Waals surface area (Å²) in [4.78, 5) is 0. The monoisotopic (exact) mass is 355 g/mol. The first-order valence-corrected chi connectivity index (χ1v) is 7.99. The van der Waals surface area contributed by atoms with Gasteiger partial charge in [-0.1, -0.05) is 52.7 Å². The highest BCUT2D eigenvalue weighted by Crippen LogP contribution is 2.28. The molecule has 2 N–H and O–H groups in total. The Morgan fingerprint density at radius 1 is 1.35 bits per heavy atom. The maximum atomic E-state index is 6.43. The average molecular weight is 357 g/mol. The van der Waals surface area contributed by atoms with Gasteiger partial charge in [0.1, 0.15) is 0 Å². The van der Waals surface area contributed by atoms with Crippen molar-refractivity contribution in [3.63, 3.8) is 0 Å². The molecule has 1 aromatic heterocycles. The van der Waals surface area contributed by atoms with Crippen molar-refractivity contribution in [3.05, 3.63) is 50.7 Å². The van der Waals surface area contributed by atoms with Crippen LogP contribution in [0.5, 0.6) is 0 Å². The molecule has 5 heteroatoms. The molecule has 0 radical (unpaired) electrons. The van der Waals surface area contributed by atoms with E-state index in [0.29, 0.717) is 6.42 Å². The molecule has 0 spiro atoms. The van der Waals surface area contributed by atoms with Gasteiger partial charge in [0.2, 0.25) is 0 Å². The van der Waals surface area contributed by atoms with Crippen LogP contribution in [0.3, 0.4) is 0 Å². The third-order valence-electron chi connectivity index (χ3n) is 3.41. The van der Waals surface area contributed by atoms with Gasteiger partial charge in [-0.3, -0.25) is 4.68 Å². The van der Waals surface area contributed by atoms with E-state index >= 15 is 0 Å². The van der Waals surface area contributed by atoms with E-state index in [1.165, 1.54) is 0 Å². The third kappa shape index (κ3) is 3.08. The minimum atomic E-state index is -0.102. The summed E-state index contributed by atoms with van der Waals surface area (Å²) in [5.41, 5.74) is 9.40. The Balaban J connectivity index is 2.30.